The highest BCUT2D eigenvalue weighted by Gasteiger charge is 2.32. The second kappa shape index (κ2) is 12.9. The van der Waals surface area contributed by atoms with Crippen LogP contribution in [0.5, 0.6) is 0 Å². The number of carbonyl (C=O) groups is 2. The van der Waals surface area contributed by atoms with Crippen LogP contribution in [0.4, 0.5) is 10.1 Å². The summed E-state index contributed by atoms with van der Waals surface area (Å²) in [4.78, 5) is 28.0. The molecule has 0 saturated heterocycles. The van der Waals surface area contributed by atoms with Crippen molar-refractivity contribution in [2.24, 2.45) is 5.92 Å². The average Bonchev–Trinajstić information content (AvgIpc) is 2.89. The molecule has 3 aromatic rings. The van der Waals surface area contributed by atoms with Gasteiger partial charge in [-0.1, -0.05) is 55.8 Å². The molecule has 202 valence electrons. The molecular formula is C28H31ClFN3O4S. The number of sulfonamides is 1. The molecule has 0 saturated carbocycles. The molecule has 1 N–H and O–H groups in total. The molecular weight excluding hydrogens is 529 g/mol. The fourth-order valence-electron chi connectivity index (χ4n) is 3.72. The zero-order chi connectivity index (χ0) is 27.9. The van der Waals surface area contributed by atoms with Gasteiger partial charge in [0.15, 0.2) is 0 Å². The first-order chi connectivity index (χ1) is 18.0. The largest absolute Gasteiger partial charge is 0.354 e. The first-order valence-electron chi connectivity index (χ1n) is 12.1. The van der Waals surface area contributed by atoms with Gasteiger partial charge in [-0.2, -0.15) is 0 Å². The van der Waals surface area contributed by atoms with Gasteiger partial charge in [0.05, 0.1) is 10.6 Å². The predicted molar refractivity (Wildman–Crippen MR) is 147 cm³/mol. The van der Waals surface area contributed by atoms with Crippen LogP contribution in [0.3, 0.4) is 0 Å². The number of hydrogen-bond acceptors (Lipinski definition) is 4. The van der Waals surface area contributed by atoms with E-state index in [4.69, 9.17) is 11.6 Å². The zero-order valence-corrected chi connectivity index (χ0v) is 23.0. The maximum atomic E-state index is 13.8. The topological polar surface area (TPSA) is 86.8 Å². The number of nitrogens with one attached hydrogen (secondary N) is 1. The Hall–Kier alpha value is -3.43. The van der Waals surface area contributed by atoms with Crippen molar-refractivity contribution in [2.45, 2.75) is 38.3 Å². The van der Waals surface area contributed by atoms with E-state index < -0.39 is 34.3 Å². The molecule has 7 nitrogen and oxygen atoms in total. The van der Waals surface area contributed by atoms with Gasteiger partial charge in [-0.25, -0.2) is 12.8 Å². The molecule has 0 bridgehead atoms. The van der Waals surface area contributed by atoms with Gasteiger partial charge in [0, 0.05) is 18.1 Å². The summed E-state index contributed by atoms with van der Waals surface area (Å²) in [6.07, 6.45) is 0. The van der Waals surface area contributed by atoms with Crippen LogP contribution in [-0.4, -0.2) is 44.3 Å². The van der Waals surface area contributed by atoms with Crippen molar-refractivity contribution in [2.75, 3.05) is 17.4 Å². The van der Waals surface area contributed by atoms with E-state index in [1.54, 1.807) is 49.4 Å². The van der Waals surface area contributed by atoms with Crippen LogP contribution in [0.1, 0.15) is 26.3 Å². The van der Waals surface area contributed by atoms with Crippen LogP contribution < -0.4 is 9.62 Å². The minimum absolute atomic E-state index is 0.0261. The molecule has 0 heterocycles. The van der Waals surface area contributed by atoms with Gasteiger partial charge in [0.1, 0.15) is 18.4 Å². The van der Waals surface area contributed by atoms with Crippen molar-refractivity contribution >= 4 is 39.1 Å². The van der Waals surface area contributed by atoms with Crippen molar-refractivity contribution in [3.8, 4) is 0 Å². The fourth-order valence-corrected chi connectivity index (χ4v) is 5.37. The van der Waals surface area contributed by atoms with Crippen molar-refractivity contribution in [3.05, 3.63) is 95.3 Å². The van der Waals surface area contributed by atoms with E-state index in [-0.39, 0.29) is 29.0 Å². The molecule has 0 aliphatic carbocycles. The zero-order valence-electron chi connectivity index (χ0n) is 21.5. The Morgan fingerprint density at radius 2 is 1.61 bits per heavy atom. The first kappa shape index (κ1) is 29.1. The third-order valence-electron chi connectivity index (χ3n) is 5.82. The molecule has 3 aromatic carbocycles. The van der Waals surface area contributed by atoms with Gasteiger partial charge in [-0.05, 0) is 66.9 Å². The summed E-state index contributed by atoms with van der Waals surface area (Å²) in [5.74, 6) is -1.32. The quantitative estimate of drug-likeness (QED) is 0.363. The highest BCUT2D eigenvalue weighted by Crippen LogP contribution is 2.25. The fraction of sp³-hybridized carbons (Fsp3) is 0.286. The van der Waals surface area contributed by atoms with Gasteiger partial charge in [-0.15, -0.1) is 0 Å². The predicted octanol–water partition coefficient (Wildman–Crippen LogP) is 4.86. The van der Waals surface area contributed by atoms with Crippen LogP contribution in [0.25, 0.3) is 0 Å². The Morgan fingerprint density at radius 3 is 2.21 bits per heavy atom. The molecule has 0 aliphatic heterocycles. The summed E-state index contributed by atoms with van der Waals surface area (Å²) < 4.78 is 41.8. The van der Waals surface area contributed by atoms with Gasteiger partial charge in [0.2, 0.25) is 11.8 Å². The minimum atomic E-state index is -4.20. The van der Waals surface area contributed by atoms with E-state index in [1.807, 2.05) is 13.8 Å². The molecule has 3 rings (SSSR count). The molecule has 0 aliphatic rings. The molecule has 0 radical (unpaired) electrons. The molecule has 0 aromatic heterocycles. The lowest BCUT2D eigenvalue weighted by Gasteiger charge is -2.32. The minimum Gasteiger partial charge on any atom is -0.354 e. The third kappa shape index (κ3) is 7.55. The van der Waals surface area contributed by atoms with Crippen LogP contribution in [0.15, 0.2) is 83.8 Å². The van der Waals surface area contributed by atoms with E-state index in [9.17, 15) is 22.4 Å². The van der Waals surface area contributed by atoms with Crippen molar-refractivity contribution in [1.29, 1.82) is 0 Å². The lowest BCUT2D eigenvalue weighted by atomic mass is 10.1. The Bertz CT molecular complexity index is 1350. The molecule has 38 heavy (non-hydrogen) atoms. The number of halogens is 2. The summed E-state index contributed by atoms with van der Waals surface area (Å²) in [7, 11) is -4.20. The number of anilines is 1. The lowest BCUT2D eigenvalue weighted by molar-refractivity contribution is -0.139. The van der Waals surface area contributed by atoms with Crippen molar-refractivity contribution in [1.82, 2.24) is 10.2 Å². The Kier molecular flexibility index (Phi) is 9.88. The van der Waals surface area contributed by atoms with E-state index >= 15 is 0 Å². The SMILES string of the molecule is CC(C)CNC(=O)[C@@H](C)N(Cc1cccc(Cl)c1)C(=O)CN(c1ccc(F)cc1)S(=O)(=O)c1ccccc1. The lowest BCUT2D eigenvalue weighted by Crippen LogP contribution is -2.51. The molecule has 0 unspecified atom stereocenters. The van der Waals surface area contributed by atoms with Crippen LogP contribution >= 0.6 is 11.6 Å². The molecule has 10 heteroatoms. The van der Waals surface area contributed by atoms with Crippen molar-refractivity contribution < 1.29 is 22.4 Å². The van der Waals surface area contributed by atoms with Crippen molar-refractivity contribution in [3.63, 3.8) is 0 Å². The Morgan fingerprint density at radius 1 is 0.947 bits per heavy atom. The summed E-state index contributed by atoms with van der Waals surface area (Å²) in [5.41, 5.74) is 0.789. The van der Waals surface area contributed by atoms with Crippen LogP contribution in [0.2, 0.25) is 5.02 Å². The van der Waals surface area contributed by atoms with Gasteiger partial charge >= 0.3 is 0 Å². The second-order valence-electron chi connectivity index (χ2n) is 9.27. The van der Waals surface area contributed by atoms with E-state index in [0.29, 0.717) is 17.1 Å². The monoisotopic (exact) mass is 559 g/mol. The van der Waals surface area contributed by atoms with E-state index in [1.165, 1.54) is 29.2 Å². The van der Waals surface area contributed by atoms with Crippen LogP contribution in [-0.2, 0) is 26.2 Å². The molecule has 0 fully saturated rings. The normalized spacial score (nSPS) is 12.2. The Balaban J connectivity index is 1.99. The number of nitrogens with zero attached hydrogens (tertiary/aromatic N) is 2. The molecule has 0 spiro atoms. The molecule has 2 amide bonds. The average molecular weight is 560 g/mol. The maximum Gasteiger partial charge on any atom is 0.264 e. The molecule has 1 atom stereocenters. The summed E-state index contributed by atoms with van der Waals surface area (Å²) in [6.45, 7) is 5.34. The van der Waals surface area contributed by atoms with Gasteiger partial charge in [0.25, 0.3) is 10.0 Å². The highest BCUT2D eigenvalue weighted by atomic mass is 35.5. The van der Waals surface area contributed by atoms with Gasteiger partial charge < -0.3 is 10.2 Å². The number of amides is 2. The number of carbonyl (C=O) groups excluding carboxylic acids is 2. The van der Waals surface area contributed by atoms with E-state index in [0.717, 1.165) is 16.4 Å². The van der Waals surface area contributed by atoms with Gasteiger partial charge in [-0.3, -0.25) is 13.9 Å². The smallest absolute Gasteiger partial charge is 0.264 e. The summed E-state index contributed by atoms with van der Waals surface area (Å²) >= 11 is 6.14. The first-order valence-corrected chi connectivity index (χ1v) is 14.0. The third-order valence-corrected chi connectivity index (χ3v) is 7.84. The summed E-state index contributed by atoms with van der Waals surface area (Å²) in [6, 6.07) is 18.5. The highest BCUT2D eigenvalue weighted by molar-refractivity contribution is 7.92. The Labute approximate surface area is 228 Å². The standard InChI is InChI=1S/C28H31ClFN3O4S/c1-20(2)17-31-28(35)21(3)32(18-22-8-7-9-23(29)16-22)27(34)19-33(25-14-12-24(30)13-15-25)38(36,37)26-10-5-4-6-11-26/h4-16,20-21H,17-19H2,1-3H3,(H,31,35)/t21-/m1/s1. The van der Waals surface area contributed by atoms with Crippen LogP contribution in [0, 0.1) is 11.7 Å². The number of rotatable bonds is 11. The summed E-state index contributed by atoms with van der Waals surface area (Å²) in [5, 5.41) is 3.29. The number of benzene rings is 3. The second-order valence-corrected chi connectivity index (χ2v) is 11.6. The number of hydrogen-bond donors (Lipinski definition) is 1. The van der Waals surface area contributed by atoms with E-state index in [2.05, 4.69) is 5.32 Å². The maximum absolute atomic E-state index is 13.8.